The van der Waals surface area contributed by atoms with Crippen LogP contribution in [0.3, 0.4) is 0 Å². The fourth-order valence-electron chi connectivity index (χ4n) is 1.65. The molecule has 0 spiro atoms. The van der Waals surface area contributed by atoms with Gasteiger partial charge >= 0.3 is 0 Å². The van der Waals surface area contributed by atoms with Gasteiger partial charge in [0.2, 0.25) is 0 Å². The Bertz CT molecular complexity index is 664. The average molecular weight is 253 g/mol. The van der Waals surface area contributed by atoms with Gasteiger partial charge in [0.1, 0.15) is 18.3 Å². The van der Waals surface area contributed by atoms with E-state index < -0.39 is 0 Å². The Morgan fingerprint density at radius 2 is 2.11 bits per heavy atom. The lowest BCUT2D eigenvalue weighted by molar-refractivity contribution is 0.977. The van der Waals surface area contributed by atoms with Gasteiger partial charge in [-0.05, 0) is 12.1 Å². The Morgan fingerprint density at radius 1 is 1.16 bits per heavy atom. The van der Waals surface area contributed by atoms with Crippen molar-refractivity contribution in [2.45, 2.75) is 0 Å². The zero-order chi connectivity index (χ0) is 13.1. The maximum absolute atomic E-state index is 6.07. The summed E-state index contributed by atoms with van der Waals surface area (Å²) >= 11 is 0. The first kappa shape index (κ1) is 11.1. The van der Waals surface area contributed by atoms with Crippen molar-refractivity contribution in [1.82, 2.24) is 24.5 Å². The Morgan fingerprint density at radius 3 is 2.84 bits per heavy atom. The van der Waals surface area contributed by atoms with Gasteiger partial charge in [0.15, 0.2) is 11.6 Å². The summed E-state index contributed by atoms with van der Waals surface area (Å²) in [5.41, 5.74) is 7.32. The van der Waals surface area contributed by atoms with E-state index in [2.05, 4.69) is 25.3 Å². The number of hydrogen-bond donors (Lipinski definition) is 2. The highest BCUT2D eigenvalue weighted by atomic mass is 15.1. The van der Waals surface area contributed by atoms with Crippen LogP contribution in [0.2, 0.25) is 0 Å². The number of imidazole rings is 1. The van der Waals surface area contributed by atoms with Gasteiger partial charge in [0, 0.05) is 18.6 Å². The molecule has 0 radical (unpaired) electrons. The second-order valence-electron chi connectivity index (χ2n) is 3.80. The number of rotatable bonds is 3. The molecule has 94 valence electrons. The summed E-state index contributed by atoms with van der Waals surface area (Å²) in [4.78, 5) is 16.3. The zero-order valence-electron chi connectivity index (χ0n) is 9.93. The number of pyridine rings is 1. The van der Waals surface area contributed by atoms with E-state index in [9.17, 15) is 0 Å². The number of nitrogens with two attached hydrogens (primary N) is 1. The van der Waals surface area contributed by atoms with E-state index in [4.69, 9.17) is 5.73 Å². The molecule has 0 aliphatic heterocycles. The molecule has 3 heterocycles. The van der Waals surface area contributed by atoms with Crippen LogP contribution in [-0.4, -0.2) is 24.5 Å². The quantitative estimate of drug-likeness (QED) is 0.732. The zero-order valence-corrected chi connectivity index (χ0v) is 9.93. The number of nitrogens with zero attached hydrogens (tertiary/aromatic N) is 5. The van der Waals surface area contributed by atoms with Gasteiger partial charge in [-0.2, -0.15) is 0 Å². The molecule has 7 nitrogen and oxygen atoms in total. The number of hydrogen-bond acceptors (Lipinski definition) is 6. The van der Waals surface area contributed by atoms with E-state index >= 15 is 0 Å². The monoisotopic (exact) mass is 253 g/mol. The Labute approximate surface area is 109 Å². The van der Waals surface area contributed by atoms with Crippen molar-refractivity contribution in [2.75, 3.05) is 11.1 Å². The number of anilines is 3. The molecule has 0 saturated heterocycles. The van der Waals surface area contributed by atoms with E-state index in [-0.39, 0.29) is 0 Å². The van der Waals surface area contributed by atoms with Crippen molar-refractivity contribution in [3.8, 4) is 5.82 Å². The summed E-state index contributed by atoms with van der Waals surface area (Å²) in [6, 6.07) is 3.71. The minimum absolute atomic E-state index is 0.448. The third-order valence-corrected chi connectivity index (χ3v) is 2.54. The maximum Gasteiger partial charge on any atom is 0.166 e. The molecule has 3 aromatic rings. The molecular weight excluding hydrogens is 242 g/mol. The molecule has 3 aromatic heterocycles. The summed E-state index contributed by atoms with van der Waals surface area (Å²) in [5, 5.41) is 3.10. The van der Waals surface area contributed by atoms with Gasteiger partial charge in [-0.1, -0.05) is 0 Å². The molecule has 0 saturated carbocycles. The van der Waals surface area contributed by atoms with E-state index in [1.165, 1.54) is 6.33 Å². The molecule has 0 aliphatic carbocycles. The molecule has 0 fully saturated rings. The van der Waals surface area contributed by atoms with Gasteiger partial charge < -0.3 is 11.1 Å². The molecule has 0 aromatic carbocycles. The van der Waals surface area contributed by atoms with Crippen LogP contribution in [0.5, 0.6) is 0 Å². The first-order chi connectivity index (χ1) is 9.34. The topological polar surface area (TPSA) is 94.5 Å². The molecule has 3 N–H and O–H groups in total. The fourth-order valence-corrected chi connectivity index (χ4v) is 1.65. The highest BCUT2D eigenvalue weighted by Gasteiger charge is 2.09. The Hall–Kier alpha value is -2.96. The summed E-state index contributed by atoms with van der Waals surface area (Å²) in [7, 11) is 0. The summed E-state index contributed by atoms with van der Waals surface area (Å²) in [6.45, 7) is 0. The fraction of sp³-hybridized carbons (Fsp3) is 0. The van der Waals surface area contributed by atoms with Crippen LogP contribution in [0.1, 0.15) is 0 Å². The van der Waals surface area contributed by atoms with Crippen molar-refractivity contribution in [1.29, 1.82) is 0 Å². The molecule has 0 aliphatic rings. The number of aromatic nitrogens is 5. The van der Waals surface area contributed by atoms with E-state index in [1.54, 1.807) is 35.7 Å². The van der Waals surface area contributed by atoms with Crippen LogP contribution >= 0.6 is 0 Å². The van der Waals surface area contributed by atoms with Crippen LogP contribution in [-0.2, 0) is 0 Å². The molecular formula is C12H11N7. The van der Waals surface area contributed by atoms with E-state index in [0.717, 1.165) is 5.69 Å². The maximum atomic E-state index is 6.07. The van der Waals surface area contributed by atoms with Crippen molar-refractivity contribution in [3.05, 3.63) is 49.6 Å². The van der Waals surface area contributed by atoms with Crippen LogP contribution < -0.4 is 11.1 Å². The van der Waals surface area contributed by atoms with Gasteiger partial charge in [0.05, 0.1) is 11.9 Å². The van der Waals surface area contributed by atoms with E-state index in [0.29, 0.717) is 17.3 Å². The smallest absolute Gasteiger partial charge is 0.166 e. The summed E-state index contributed by atoms with van der Waals surface area (Å²) in [5.74, 6) is 1.12. The average Bonchev–Trinajstić information content (AvgIpc) is 2.96. The third-order valence-electron chi connectivity index (χ3n) is 2.54. The second kappa shape index (κ2) is 4.73. The predicted octanol–water partition coefficient (Wildman–Crippen LogP) is 1.38. The number of nitrogens with one attached hydrogen (secondary N) is 1. The van der Waals surface area contributed by atoms with Crippen LogP contribution in [0.4, 0.5) is 17.2 Å². The molecule has 0 bridgehead atoms. The molecule has 3 rings (SSSR count). The lowest BCUT2D eigenvalue weighted by Gasteiger charge is -2.10. The standard InChI is InChI=1S/C12H11N7/c13-10-11(18-9-2-1-3-14-6-9)16-7-17-12(10)19-5-4-15-8-19/h1-8H,13H2,(H,16,17,18). The minimum atomic E-state index is 0.448. The predicted molar refractivity (Wildman–Crippen MR) is 71.1 cm³/mol. The first-order valence-corrected chi connectivity index (χ1v) is 5.60. The second-order valence-corrected chi connectivity index (χ2v) is 3.80. The van der Waals surface area contributed by atoms with Crippen molar-refractivity contribution in [3.63, 3.8) is 0 Å². The van der Waals surface area contributed by atoms with Crippen molar-refractivity contribution >= 4 is 17.2 Å². The van der Waals surface area contributed by atoms with Gasteiger partial charge in [-0.25, -0.2) is 15.0 Å². The van der Waals surface area contributed by atoms with Crippen molar-refractivity contribution in [2.24, 2.45) is 0 Å². The molecule has 0 unspecified atom stereocenters. The normalized spacial score (nSPS) is 10.3. The number of nitrogen functional groups attached to an aromatic ring is 1. The van der Waals surface area contributed by atoms with Crippen LogP contribution in [0, 0.1) is 0 Å². The highest BCUT2D eigenvalue weighted by molar-refractivity contribution is 5.73. The van der Waals surface area contributed by atoms with Crippen LogP contribution in [0.15, 0.2) is 49.6 Å². The third kappa shape index (κ3) is 2.21. The summed E-state index contributed by atoms with van der Waals surface area (Å²) in [6.07, 6.45) is 9.91. The SMILES string of the molecule is Nc1c(Nc2cccnc2)ncnc1-n1ccnc1. The van der Waals surface area contributed by atoms with Gasteiger partial charge in [-0.3, -0.25) is 9.55 Å². The first-order valence-electron chi connectivity index (χ1n) is 5.60. The van der Waals surface area contributed by atoms with Crippen molar-refractivity contribution < 1.29 is 0 Å². The summed E-state index contributed by atoms with van der Waals surface area (Å²) < 4.78 is 1.73. The Kier molecular flexibility index (Phi) is 2.77. The molecule has 19 heavy (non-hydrogen) atoms. The minimum Gasteiger partial charge on any atom is -0.393 e. The lowest BCUT2D eigenvalue weighted by Crippen LogP contribution is -2.06. The largest absolute Gasteiger partial charge is 0.393 e. The van der Waals surface area contributed by atoms with Gasteiger partial charge in [0.25, 0.3) is 0 Å². The Balaban J connectivity index is 1.97. The van der Waals surface area contributed by atoms with E-state index in [1.807, 2.05) is 12.1 Å². The highest BCUT2D eigenvalue weighted by Crippen LogP contribution is 2.24. The van der Waals surface area contributed by atoms with Crippen LogP contribution in [0.25, 0.3) is 5.82 Å². The molecule has 0 atom stereocenters. The molecule has 7 heteroatoms. The molecule has 0 amide bonds. The lowest BCUT2D eigenvalue weighted by atomic mass is 10.4. The van der Waals surface area contributed by atoms with Gasteiger partial charge in [-0.15, -0.1) is 0 Å².